The first-order chi connectivity index (χ1) is 12.6. The average molecular weight is 416 g/mol. The van der Waals surface area contributed by atoms with Crippen LogP contribution < -0.4 is 10.6 Å². The van der Waals surface area contributed by atoms with E-state index in [1.165, 1.54) is 5.56 Å². The average Bonchev–Trinajstić information content (AvgIpc) is 3.12. The van der Waals surface area contributed by atoms with Crippen LogP contribution in [0.25, 0.3) is 0 Å². The van der Waals surface area contributed by atoms with Crippen molar-refractivity contribution in [1.29, 1.82) is 0 Å². The molecule has 3 rings (SSSR count). The van der Waals surface area contributed by atoms with E-state index >= 15 is 0 Å². The summed E-state index contributed by atoms with van der Waals surface area (Å²) < 4.78 is 0.825. The quantitative estimate of drug-likeness (QED) is 0.522. The first-order valence-corrected chi connectivity index (χ1v) is 9.14. The molecule has 0 amide bonds. The molecule has 0 atom stereocenters. The van der Waals surface area contributed by atoms with Crippen LogP contribution in [0.2, 0.25) is 0 Å². The number of hydrogen-bond acceptors (Lipinski definition) is 6. The summed E-state index contributed by atoms with van der Waals surface area (Å²) in [5.41, 5.74) is 3.23. The Hall–Kier alpha value is -2.45. The maximum atomic E-state index is 4.54. The van der Waals surface area contributed by atoms with Gasteiger partial charge in [0.25, 0.3) is 0 Å². The molecule has 0 saturated heterocycles. The van der Waals surface area contributed by atoms with Crippen LogP contribution in [0.3, 0.4) is 0 Å². The lowest BCUT2D eigenvalue weighted by Gasteiger charge is -2.12. The van der Waals surface area contributed by atoms with E-state index < -0.39 is 0 Å². The van der Waals surface area contributed by atoms with E-state index in [-0.39, 0.29) is 0 Å². The third-order valence-electron chi connectivity index (χ3n) is 3.68. The molecule has 2 heterocycles. The zero-order valence-electron chi connectivity index (χ0n) is 14.8. The fourth-order valence-electron chi connectivity index (χ4n) is 2.48. The molecule has 0 aliphatic rings. The number of aromatic amines is 1. The Labute approximate surface area is 161 Å². The lowest BCUT2D eigenvalue weighted by atomic mass is 10.2. The van der Waals surface area contributed by atoms with Gasteiger partial charge in [0.2, 0.25) is 5.95 Å². The Bertz CT molecular complexity index is 816. The molecule has 0 fully saturated rings. The van der Waals surface area contributed by atoms with Gasteiger partial charge in [-0.05, 0) is 47.7 Å². The Morgan fingerprint density at radius 1 is 1.15 bits per heavy atom. The van der Waals surface area contributed by atoms with Crippen molar-refractivity contribution >= 4 is 33.4 Å². The van der Waals surface area contributed by atoms with Gasteiger partial charge in [0, 0.05) is 37.6 Å². The smallest absolute Gasteiger partial charge is 0.229 e. The van der Waals surface area contributed by atoms with Crippen LogP contribution in [-0.2, 0) is 13.0 Å². The topological polar surface area (TPSA) is 81.8 Å². The lowest BCUT2D eigenvalue weighted by molar-refractivity contribution is 0.402. The molecule has 0 aliphatic heterocycles. The fraction of sp³-hybridized carbons (Fsp3) is 0.278. The molecular weight excluding hydrogens is 394 g/mol. The Morgan fingerprint density at radius 3 is 2.65 bits per heavy atom. The fourth-order valence-corrected chi connectivity index (χ4v) is 2.81. The molecule has 3 N–H and O–H groups in total. The van der Waals surface area contributed by atoms with Gasteiger partial charge in [0.1, 0.15) is 5.82 Å². The molecule has 1 aromatic carbocycles. The zero-order chi connectivity index (χ0) is 18.4. The van der Waals surface area contributed by atoms with Crippen LogP contribution in [0, 0.1) is 0 Å². The minimum absolute atomic E-state index is 0.552. The van der Waals surface area contributed by atoms with E-state index in [1.54, 1.807) is 12.5 Å². The molecule has 136 valence electrons. The number of anilines is 3. The highest BCUT2D eigenvalue weighted by atomic mass is 79.9. The summed E-state index contributed by atoms with van der Waals surface area (Å²) in [6.45, 7) is 1.65. The highest BCUT2D eigenvalue weighted by molar-refractivity contribution is 9.10. The molecule has 0 spiro atoms. The minimum atomic E-state index is 0.552. The summed E-state index contributed by atoms with van der Waals surface area (Å²) >= 11 is 3.49. The van der Waals surface area contributed by atoms with E-state index in [2.05, 4.69) is 77.6 Å². The lowest BCUT2D eigenvalue weighted by Crippen LogP contribution is -2.10. The summed E-state index contributed by atoms with van der Waals surface area (Å²) in [4.78, 5) is 18.2. The van der Waals surface area contributed by atoms with Gasteiger partial charge in [-0.2, -0.15) is 4.98 Å². The highest BCUT2D eigenvalue weighted by Gasteiger charge is 2.06. The number of nitrogens with zero attached hydrogens (tertiary/aromatic N) is 4. The normalized spacial score (nSPS) is 10.9. The number of H-pyrrole nitrogens is 1. The molecule has 0 radical (unpaired) electrons. The number of imidazole rings is 1. The SMILES string of the molecule is CN(C)Cc1ccc(Nc2ncc(Br)c(NCCc3c[nH]cn3)n2)cc1. The minimum Gasteiger partial charge on any atom is -0.369 e. The van der Waals surface area contributed by atoms with Crippen molar-refractivity contribution in [1.82, 2.24) is 24.8 Å². The number of hydrogen-bond donors (Lipinski definition) is 3. The second-order valence-corrected chi connectivity index (χ2v) is 7.04. The van der Waals surface area contributed by atoms with Crippen LogP contribution in [0.4, 0.5) is 17.5 Å². The molecule has 26 heavy (non-hydrogen) atoms. The Balaban J connectivity index is 1.61. The van der Waals surface area contributed by atoms with Gasteiger partial charge in [0.15, 0.2) is 0 Å². The number of nitrogens with one attached hydrogen (secondary N) is 3. The van der Waals surface area contributed by atoms with E-state index in [0.717, 1.165) is 41.2 Å². The third kappa shape index (κ3) is 5.27. The number of aromatic nitrogens is 4. The molecular formula is C18H22BrN7. The Morgan fingerprint density at radius 2 is 1.96 bits per heavy atom. The van der Waals surface area contributed by atoms with E-state index in [9.17, 15) is 0 Å². The monoisotopic (exact) mass is 415 g/mol. The molecule has 3 aromatic rings. The summed E-state index contributed by atoms with van der Waals surface area (Å²) in [6.07, 6.45) is 6.13. The van der Waals surface area contributed by atoms with Crippen LogP contribution in [0.5, 0.6) is 0 Å². The molecule has 0 bridgehead atoms. The first-order valence-electron chi connectivity index (χ1n) is 8.35. The van der Waals surface area contributed by atoms with Gasteiger partial charge < -0.3 is 20.5 Å². The van der Waals surface area contributed by atoms with E-state index in [0.29, 0.717) is 5.95 Å². The summed E-state index contributed by atoms with van der Waals surface area (Å²) in [6, 6.07) is 8.28. The predicted octanol–water partition coefficient (Wildman–Crippen LogP) is 3.42. The van der Waals surface area contributed by atoms with Gasteiger partial charge >= 0.3 is 0 Å². The van der Waals surface area contributed by atoms with Crippen molar-refractivity contribution in [3.05, 3.63) is 58.7 Å². The molecule has 0 unspecified atom stereocenters. The molecule has 2 aromatic heterocycles. The molecule has 7 nitrogen and oxygen atoms in total. The second-order valence-electron chi connectivity index (χ2n) is 6.19. The maximum absolute atomic E-state index is 4.54. The maximum Gasteiger partial charge on any atom is 0.229 e. The van der Waals surface area contributed by atoms with E-state index in [1.807, 2.05) is 18.3 Å². The number of benzene rings is 1. The standard InChI is InChI=1S/C18H22BrN7/c1-26(2)11-13-3-5-14(6-4-13)24-18-22-10-16(19)17(25-18)21-8-7-15-9-20-12-23-15/h3-6,9-10,12H,7-8,11H2,1-2H3,(H,20,23)(H2,21,22,24,25). The van der Waals surface area contributed by atoms with Gasteiger partial charge in [-0.15, -0.1) is 0 Å². The summed E-state index contributed by atoms with van der Waals surface area (Å²) in [5, 5.41) is 6.55. The summed E-state index contributed by atoms with van der Waals surface area (Å²) in [7, 11) is 4.12. The molecule has 0 aliphatic carbocycles. The first kappa shape index (κ1) is 18.3. The molecule has 8 heteroatoms. The van der Waals surface area contributed by atoms with Crippen LogP contribution >= 0.6 is 15.9 Å². The van der Waals surface area contributed by atoms with Gasteiger partial charge in [-0.25, -0.2) is 9.97 Å². The van der Waals surface area contributed by atoms with Crippen LogP contribution in [0.15, 0.2) is 47.5 Å². The zero-order valence-corrected chi connectivity index (χ0v) is 16.4. The van der Waals surface area contributed by atoms with Crippen molar-refractivity contribution in [3.63, 3.8) is 0 Å². The van der Waals surface area contributed by atoms with Gasteiger partial charge in [-0.3, -0.25) is 0 Å². The van der Waals surface area contributed by atoms with Gasteiger partial charge in [0.05, 0.1) is 16.5 Å². The Kier molecular flexibility index (Phi) is 6.19. The van der Waals surface area contributed by atoms with Gasteiger partial charge in [-0.1, -0.05) is 12.1 Å². The second kappa shape index (κ2) is 8.77. The van der Waals surface area contributed by atoms with Crippen molar-refractivity contribution in [2.24, 2.45) is 0 Å². The highest BCUT2D eigenvalue weighted by Crippen LogP contribution is 2.22. The number of halogens is 1. The van der Waals surface area contributed by atoms with Crippen molar-refractivity contribution in [3.8, 4) is 0 Å². The van der Waals surface area contributed by atoms with Crippen molar-refractivity contribution in [2.45, 2.75) is 13.0 Å². The summed E-state index contributed by atoms with van der Waals surface area (Å²) in [5.74, 6) is 1.30. The predicted molar refractivity (Wildman–Crippen MR) is 108 cm³/mol. The van der Waals surface area contributed by atoms with Crippen molar-refractivity contribution < 1.29 is 0 Å². The largest absolute Gasteiger partial charge is 0.369 e. The van der Waals surface area contributed by atoms with Crippen LogP contribution in [-0.4, -0.2) is 45.5 Å². The van der Waals surface area contributed by atoms with Crippen LogP contribution in [0.1, 0.15) is 11.3 Å². The van der Waals surface area contributed by atoms with Crippen molar-refractivity contribution in [2.75, 3.05) is 31.3 Å². The number of rotatable bonds is 8. The third-order valence-corrected chi connectivity index (χ3v) is 4.26. The van der Waals surface area contributed by atoms with E-state index in [4.69, 9.17) is 0 Å². The molecule has 0 saturated carbocycles.